The van der Waals surface area contributed by atoms with E-state index in [1.165, 1.54) is 43.5 Å². The second kappa shape index (κ2) is 8.12. The Hall–Kier alpha value is -3.01. The number of alkyl halides is 3. The molecule has 0 aliphatic heterocycles. The summed E-state index contributed by atoms with van der Waals surface area (Å²) in [5, 5.41) is 0. The maximum absolute atomic E-state index is 12.5. The van der Waals surface area contributed by atoms with E-state index in [0.29, 0.717) is 5.56 Å². The molecule has 0 atom stereocenters. The Morgan fingerprint density at radius 3 is 2.48 bits per heavy atom. The molecular formula is C17H14F3NO5S. The Kier molecular flexibility index (Phi) is 6.11. The first kappa shape index (κ1) is 20.3. The van der Waals surface area contributed by atoms with Gasteiger partial charge in [-0.2, -0.15) is 0 Å². The topological polar surface area (TPSA) is 81.7 Å². The minimum absolute atomic E-state index is 0.104. The van der Waals surface area contributed by atoms with Crippen molar-refractivity contribution in [2.45, 2.75) is 11.3 Å². The summed E-state index contributed by atoms with van der Waals surface area (Å²) in [5.41, 5.74) is 0.310. The zero-order chi connectivity index (χ0) is 20.1. The third-order valence-corrected chi connectivity index (χ3v) is 4.48. The molecule has 0 heterocycles. The van der Waals surface area contributed by atoms with Crippen LogP contribution in [0.2, 0.25) is 0 Å². The summed E-state index contributed by atoms with van der Waals surface area (Å²) < 4.78 is 72.1. The van der Waals surface area contributed by atoms with Crippen molar-refractivity contribution >= 4 is 27.8 Å². The van der Waals surface area contributed by atoms with Gasteiger partial charge in [-0.3, -0.25) is 4.72 Å². The molecule has 27 heavy (non-hydrogen) atoms. The van der Waals surface area contributed by atoms with E-state index in [0.717, 1.165) is 18.2 Å². The van der Waals surface area contributed by atoms with Gasteiger partial charge in [-0.1, -0.05) is 18.2 Å². The summed E-state index contributed by atoms with van der Waals surface area (Å²) in [6.45, 7) is 0. The largest absolute Gasteiger partial charge is 0.573 e. The van der Waals surface area contributed by atoms with Gasteiger partial charge in [0.1, 0.15) is 5.75 Å². The smallest absolute Gasteiger partial charge is 0.466 e. The standard InChI is InChI=1S/C17H14F3NO5S/c1-25-16(22)9-8-12-4-2-7-15(10-12)27(23,24)21-13-5-3-6-14(11-13)26-17(18,19)20/h2-11,21H,1H3/b9-8+. The minimum Gasteiger partial charge on any atom is -0.466 e. The zero-order valence-electron chi connectivity index (χ0n) is 13.9. The van der Waals surface area contributed by atoms with Crippen LogP contribution in [0.15, 0.2) is 59.5 Å². The van der Waals surface area contributed by atoms with Gasteiger partial charge in [-0.15, -0.1) is 13.2 Å². The lowest BCUT2D eigenvalue weighted by atomic mass is 10.2. The van der Waals surface area contributed by atoms with Crippen molar-refractivity contribution in [1.29, 1.82) is 0 Å². The fraction of sp³-hybridized carbons (Fsp3) is 0.118. The number of anilines is 1. The van der Waals surface area contributed by atoms with Crippen molar-refractivity contribution in [2.24, 2.45) is 0 Å². The van der Waals surface area contributed by atoms with Crippen LogP contribution in [0.3, 0.4) is 0 Å². The van der Waals surface area contributed by atoms with E-state index >= 15 is 0 Å². The molecule has 144 valence electrons. The molecule has 2 rings (SSSR count). The van der Waals surface area contributed by atoms with E-state index in [4.69, 9.17) is 0 Å². The lowest BCUT2D eigenvalue weighted by molar-refractivity contribution is -0.274. The third kappa shape index (κ3) is 6.33. The fourth-order valence-electron chi connectivity index (χ4n) is 1.99. The number of methoxy groups -OCH3 is 1. The Labute approximate surface area is 153 Å². The van der Waals surface area contributed by atoms with Crippen LogP contribution in [-0.4, -0.2) is 27.9 Å². The zero-order valence-corrected chi connectivity index (χ0v) is 14.7. The Bertz CT molecular complexity index is 955. The second-order valence-corrected chi connectivity index (χ2v) is 6.79. The highest BCUT2D eigenvalue weighted by Crippen LogP contribution is 2.26. The average molecular weight is 401 g/mol. The summed E-state index contributed by atoms with van der Waals surface area (Å²) >= 11 is 0. The first-order chi connectivity index (χ1) is 12.6. The number of hydrogen-bond donors (Lipinski definition) is 1. The molecular weight excluding hydrogens is 387 g/mol. The molecule has 0 saturated carbocycles. The number of carbonyl (C=O) groups is 1. The monoisotopic (exact) mass is 401 g/mol. The molecule has 0 aromatic heterocycles. The molecule has 1 N–H and O–H groups in total. The van der Waals surface area contributed by atoms with Crippen molar-refractivity contribution in [3.63, 3.8) is 0 Å². The first-order valence-electron chi connectivity index (χ1n) is 7.34. The van der Waals surface area contributed by atoms with Crippen LogP contribution < -0.4 is 9.46 Å². The van der Waals surface area contributed by atoms with Crippen molar-refractivity contribution in [3.05, 3.63) is 60.2 Å². The minimum atomic E-state index is -4.89. The van der Waals surface area contributed by atoms with E-state index in [9.17, 15) is 26.4 Å². The summed E-state index contributed by atoms with van der Waals surface area (Å²) in [7, 11) is -2.87. The van der Waals surface area contributed by atoms with Gasteiger partial charge in [0.25, 0.3) is 10.0 Å². The van der Waals surface area contributed by atoms with Crippen molar-refractivity contribution in [3.8, 4) is 5.75 Å². The number of carbonyl (C=O) groups excluding carboxylic acids is 1. The van der Waals surface area contributed by atoms with E-state index < -0.39 is 28.1 Å². The van der Waals surface area contributed by atoms with Gasteiger partial charge in [0.2, 0.25) is 0 Å². The molecule has 2 aromatic carbocycles. The van der Waals surface area contributed by atoms with E-state index in [2.05, 4.69) is 14.2 Å². The lowest BCUT2D eigenvalue weighted by Gasteiger charge is -2.12. The summed E-state index contributed by atoms with van der Waals surface area (Å²) in [6.07, 6.45) is -2.41. The molecule has 0 aliphatic rings. The van der Waals surface area contributed by atoms with Gasteiger partial charge in [0.15, 0.2) is 0 Å². The third-order valence-electron chi connectivity index (χ3n) is 3.10. The molecule has 0 bridgehead atoms. The van der Waals surface area contributed by atoms with Crippen LogP contribution >= 0.6 is 0 Å². The maximum atomic E-state index is 12.5. The average Bonchev–Trinajstić information content (AvgIpc) is 2.58. The number of esters is 1. The number of nitrogens with one attached hydrogen (secondary N) is 1. The van der Waals surface area contributed by atoms with E-state index in [1.807, 2.05) is 0 Å². The quantitative estimate of drug-likeness (QED) is 0.591. The van der Waals surface area contributed by atoms with Crippen LogP contribution in [0.4, 0.5) is 18.9 Å². The molecule has 0 amide bonds. The van der Waals surface area contributed by atoms with E-state index in [1.54, 1.807) is 6.07 Å². The Morgan fingerprint density at radius 1 is 1.11 bits per heavy atom. The first-order valence-corrected chi connectivity index (χ1v) is 8.82. The molecule has 0 saturated heterocycles. The molecule has 10 heteroatoms. The highest BCUT2D eigenvalue weighted by Gasteiger charge is 2.31. The summed E-state index contributed by atoms with van der Waals surface area (Å²) in [5.74, 6) is -1.17. The fourth-order valence-corrected chi connectivity index (χ4v) is 3.09. The normalized spacial score (nSPS) is 12.0. The number of benzene rings is 2. The van der Waals surface area contributed by atoms with E-state index in [-0.39, 0.29) is 10.6 Å². The predicted octanol–water partition coefficient (Wildman–Crippen LogP) is 3.57. The summed E-state index contributed by atoms with van der Waals surface area (Å²) in [4.78, 5) is 11.0. The van der Waals surface area contributed by atoms with Gasteiger partial charge in [0, 0.05) is 12.1 Å². The lowest BCUT2D eigenvalue weighted by Crippen LogP contribution is -2.17. The predicted molar refractivity (Wildman–Crippen MR) is 91.4 cm³/mol. The van der Waals surface area contributed by atoms with Crippen molar-refractivity contribution in [2.75, 3.05) is 11.8 Å². The van der Waals surface area contributed by atoms with Crippen LogP contribution in [0, 0.1) is 0 Å². The van der Waals surface area contributed by atoms with Crippen LogP contribution in [-0.2, 0) is 19.6 Å². The number of ether oxygens (including phenoxy) is 2. The number of sulfonamides is 1. The number of hydrogen-bond acceptors (Lipinski definition) is 5. The van der Waals surface area contributed by atoms with Crippen LogP contribution in [0.5, 0.6) is 5.75 Å². The van der Waals surface area contributed by atoms with Gasteiger partial charge < -0.3 is 9.47 Å². The van der Waals surface area contributed by atoms with Gasteiger partial charge in [-0.05, 0) is 35.9 Å². The highest BCUT2D eigenvalue weighted by atomic mass is 32.2. The molecule has 0 aliphatic carbocycles. The molecule has 0 unspecified atom stereocenters. The van der Waals surface area contributed by atoms with Crippen molar-refractivity contribution in [1.82, 2.24) is 0 Å². The Morgan fingerprint density at radius 2 is 1.81 bits per heavy atom. The van der Waals surface area contributed by atoms with Gasteiger partial charge in [0.05, 0.1) is 17.7 Å². The molecule has 6 nitrogen and oxygen atoms in total. The van der Waals surface area contributed by atoms with Gasteiger partial charge >= 0.3 is 12.3 Å². The molecule has 2 aromatic rings. The summed E-state index contributed by atoms with van der Waals surface area (Å²) in [6, 6.07) is 10.1. The SMILES string of the molecule is COC(=O)/C=C/c1cccc(S(=O)(=O)Nc2cccc(OC(F)(F)F)c2)c1. The second-order valence-electron chi connectivity index (χ2n) is 5.11. The molecule has 0 spiro atoms. The van der Waals surface area contributed by atoms with Crippen LogP contribution in [0.1, 0.15) is 5.56 Å². The number of rotatable bonds is 6. The Balaban J connectivity index is 2.23. The van der Waals surface area contributed by atoms with Crippen molar-refractivity contribution < 1.29 is 35.9 Å². The number of halogens is 3. The van der Waals surface area contributed by atoms with Crippen LogP contribution in [0.25, 0.3) is 6.08 Å². The maximum Gasteiger partial charge on any atom is 0.573 e. The molecule has 0 radical (unpaired) electrons. The van der Waals surface area contributed by atoms with Gasteiger partial charge in [-0.25, -0.2) is 13.2 Å². The highest BCUT2D eigenvalue weighted by molar-refractivity contribution is 7.92. The molecule has 0 fully saturated rings.